The second-order valence-corrected chi connectivity index (χ2v) is 4.36. The van der Waals surface area contributed by atoms with Crippen molar-refractivity contribution in [1.82, 2.24) is 4.98 Å². The Balaban J connectivity index is 2.89. The van der Waals surface area contributed by atoms with E-state index in [4.69, 9.17) is 23.2 Å². The van der Waals surface area contributed by atoms with E-state index < -0.39 is 0 Å². The van der Waals surface area contributed by atoms with Crippen LogP contribution >= 0.6 is 39.1 Å². The van der Waals surface area contributed by atoms with Crippen LogP contribution in [-0.2, 0) is 0 Å². The lowest BCUT2D eigenvalue weighted by molar-refractivity contribution is 0.623. The maximum Gasteiger partial charge on any atom is 0.138 e. The summed E-state index contributed by atoms with van der Waals surface area (Å²) >= 11 is 14.7. The lowest BCUT2D eigenvalue weighted by Gasteiger charge is -2.02. The van der Waals surface area contributed by atoms with Gasteiger partial charge in [-0.25, -0.2) is 9.37 Å². The van der Waals surface area contributed by atoms with Gasteiger partial charge in [-0.05, 0) is 34.1 Å². The SMILES string of the molecule is Fc1cc2c(Cl)cc(Cl)nc2cc1Br. The molecule has 0 atom stereocenters. The summed E-state index contributed by atoms with van der Waals surface area (Å²) in [6, 6.07) is 4.35. The molecule has 0 saturated carbocycles. The number of fused-ring (bicyclic) bond motifs is 1. The van der Waals surface area contributed by atoms with E-state index in [-0.39, 0.29) is 5.82 Å². The van der Waals surface area contributed by atoms with Crippen molar-refractivity contribution in [3.8, 4) is 0 Å². The van der Waals surface area contributed by atoms with Crippen molar-refractivity contribution in [3.05, 3.63) is 38.7 Å². The minimum atomic E-state index is -0.372. The molecule has 5 heteroatoms. The van der Waals surface area contributed by atoms with E-state index >= 15 is 0 Å². The number of aromatic nitrogens is 1. The predicted octanol–water partition coefficient (Wildman–Crippen LogP) is 4.44. The minimum Gasteiger partial charge on any atom is -0.236 e. The summed E-state index contributed by atoms with van der Waals surface area (Å²) in [5.74, 6) is -0.372. The molecule has 0 aliphatic rings. The molecule has 2 rings (SSSR count). The fourth-order valence-electron chi connectivity index (χ4n) is 1.15. The van der Waals surface area contributed by atoms with Crippen LogP contribution in [0.3, 0.4) is 0 Å². The molecule has 0 unspecified atom stereocenters. The average Bonchev–Trinajstić information content (AvgIpc) is 2.08. The molecule has 2 aromatic rings. The minimum absolute atomic E-state index is 0.293. The van der Waals surface area contributed by atoms with Crippen LogP contribution in [0.4, 0.5) is 4.39 Å². The Hall–Kier alpha value is -0.380. The summed E-state index contributed by atoms with van der Waals surface area (Å²) in [4.78, 5) is 4.02. The molecule has 1 aromatic carbocycles. The van der Waals surface area contributed by atoms with Crippen LogP contribution < -0.4 is 0 Å². The molecule has 0 N–H and O–H groups in total. The van der Waals surface area contributed by atoms with Crippen LogP contribution in [0.1, 0.15) is 0 Å². The fraction of sp³-hybridized carbons (Fsp3) is 0. The van der Waals surface area contributed by atoms with Crippen LogP contribution in [0.2, 0.25) is 10.2 Å². The van der Waals surface area contributed by atoms with Crippen molar-refractivity contribution in [2.45, 2.75) is 0 Å². The Morgan fingerprint density at radius 2 is 1.93 bits per heavy atom. The molecular formula is C9H3BrCl2FN. The molecule has 0 saturated heterocycles. The third kappa shape index (κ3) is 1.72. The van der Waals surface area contributed by atoms with Gasteiger partial charge in [0.2, 0.25) is 0 Å². The van der Waals surface area contributed by atoms with Gasteiger partial charge in [-0.3, -0.25) is 0 Å². The zero-order chi connectivity index (χ0) is 10.3. The van der Waals surface area contributed by atoms with Gasteiger partial charge < -0.3 is 0 Å². The molecule has 1 aromatic heterocycles. The highest BCUT2D eigenvalue weighted by Crippen LogP contribution is 2.29. The Morgan fingerprint density at radius 3 is 2.64 bits per heavy atom. The van der Waals surface area contributed by atoms with Crippen LogP contribution in [0.15, 0.2) is 22.7 Å². The first-order valence-corrected chi connectivity index (χ1v) is 5.23. The van der Waals surface area contributed by atoms with E-state index in [0.717, 1.165) is 0 Å². The molecule has 0 spiro atoms. The van der Waals surface area contributed by atoms with Crippen molar-refractivity contribution >= 4 is 50.0 Å². The molecule has 0 bridgehead atoms. The maximum atomic E-state index is 13.2. The van der Waals surface area contributed by atoms with Crippen LogP contribution in [0, 0.1) is 5.82 Å². The van der Waals surface area contributed by atoms with Crippen molar-refractivity contribution in [1.29, 1.82) is 0 Å². The van der Waals surface area contributed by atoms with Crippen molar-refractivity contribution in [3.63, 3.8) is 0 Å². The molecule has 0 amide bonds. The molecule has 1 heterocycles. The first-order chi connectivity index (χ1) is 6.58. The van der Waals surface area contributed by atoms with Gasteiger partial charge in [0.15, 0.2) is 0 Å². The fourth-order valence-corrected chi connectivity index (χ4v) is 1.99. The smallest absolute Gasteiger partial charge is 0.138 e. The van der Waals surface area contributed by atoms with Gasteiger partial charge in [-0.15, -0.1) is 0 Å². The van der Waals surface area contributed by atoms with Gasteiger partial charge in [0.1, 0.15) is 11.0 Å². The number of benzene rings is 1. The van der Waals surface area contributed by atoms with Crippen LogP contribution in [0.5, 0.6) is 0 Å². The molecule has 14 heavy (non-hydrogen) atoms. The zero-order valence-corrected chi connectivity index (χ0v) is 9.79. The number of rotatable bonds is 0. The van der Waals surface area contributed by atoms with Gasteiger partial charge in [0.05, 0.1) is 15.0 Å². The monoisotopic (exact) mass is 293 g/mol. The standard InChI is InChI=1S/C9H3BrCl2FN/c10-5-2-8-4(1-7(5)13)6(11)3-9(12)14-8/h1-3H. The number of halogens is 4. The Morgan fingerprint density at radius 1 is 1.21 bits per heavy atom. The van der Waals surface area contributed by atoms with Crippen LogP contribution in [0.25, 0.3) is 10.9 Å². The first kappa shape index (κ1) is 10.1. The largest absolute Gasteiger partial charge is 0.236 e. The molecule has 72 valence electrons. The first-order valence-electron chi connectivity index (χ1n) is 3.69. The Bertz CT molecular complexity index is 516. The van der Waals surface area contributed by atoms with E-state index in [1.54, 1.807) is 6.07 Å². The third-order valence-electron chi connectivity index (χ3n) is 1.77. The Kier molecular flexibility index (Phi) is 2.64. The van der Waals surface area contributed by atoms with E-state index in [2.05, 4.69) is 20.9 Å². The van der Waals surface area contributed by atoms with Crippen molar-refractivity contribution < 1.29 is 4.39 Å². The zero-order valence-electron chi connectivity index (χ0n) is 6.69. The lowest BCUT2D eigenvalue weighted by atomic mass is 10.2. The molecule has 0 radical (unpaired) electrons. The Labute approximate surface area is 98.0 Å². The second kappa shape index (κ2) is 3.65. The van der Waals surface area contributed by atoms with Gasteiger partial charge in [0.25, 0.3) is 0 Å². The molecule has 1 nitrogen and oxygen atoms in total. The summed E-state index contributed by atoms with van der Waals surface area (Å²) in [5.41, 5.74) is 0.566. The van der Waals surface area contributed by atoms with Gasteiger partial charge in [-0.2, -0.15) is 0 Å². The van der Waals surface area contributed by atoms with E-state index in [9.17, 15) is 4.39 Å². The van der Waals surface area contributed by atoms with Gasteiger partial charge >= 0.3 is 0 Å². The normalized spacial score (nSPS) is 10.9. The van der Waals surface area contributed by atoms with Crippen LogP contribution in [-0.4, -0.2) is 4.98 Å². The number of pyridine rings is 1. The summed E-state index contributed by atoms with van der Waals surface area (Å²) in [5, 5.41) is 1.24. The highest BCUT2D eigenvalue weighted by Gasteiger charge is 2.07. The molecule has 0 aliphatic heterocycles. The summed E-state index contributed by atoms with van der Waals surface area (Å²) in [6.45, 7) is 0. The number of hydrogen-bond acceptors (Lipinski definition) is 1. The average molecular weight is 295 g/mol. The highest BCUT2D eigenvalue weighted by molar-refractivity contribution is 9.10. The predicted molar refractivity (Wildman–Crippen MR) is 59.4 cm³/mol. The number of hydrogen-bond donors (Lipinski definition) is 0. The molecule has 0 fully saturated rings. The van der Waals surface area contributed by atoms with E-state index in [0.29, 0.717) is 25.6 Å². The maximum absolute atomic E-state index is 13.2. The third-order valence-corrected chi connectivity index (χ3v) is 2.88. The van der Waals surface area contributed by atoms with Crippen molar-refractivity contribution in [2.24, 2.45) is 0 Å². The van der Waals surface area contributed by atoms with Gasteiger partial charge in [-0.1, -0.05) is 23.2 Å². The molecule has 0 aliphatic carbocycles. The quantitative estimate of drug-likeness (QED) is 0.655. The summed E-state index contributed by atoms with van der Waals surface area (Å²) in [6.07, 6.45) is 0. The van der Waals surface area contributed by atoms with E-state index in [1.165, 1.54) is 12.1 Å². The second-order valence-electron chi connectivity index (χ2n) is 2.71. The molecular weight excluding hydrogens is 292 g/mol. The lowest BCUT2D eigenvalue weighted by Crippen LogP contribution is -1.85. The number of nitrogens with zero attached hydrogens (tertiary/aromatic N) is 1. The summed E-state index contributed by atoms with van der Waals surface area (Å²) in [7, 11) is 0. The topological polar surface area (TPSA) is 12.9 Å². The van der Waals surface area contributed by atoms with Crippen molar-refractivity contribution in [2.75, 3.05) is 0 Å². The van der Waals surface area contributed by atoms with Gasteiger partial charge in [0, 0.05) is 5.39 Å². The summed E-state index contributed by atoms with van der Waals surface area (Å²) < 4.78 is 13.5. The highest BCUT2D eigenvalue weighted by atomic mass is 79.9. The van der Waals surface area contributed by atoms with E-state index in [1.807, 2.05) is 0 Å².